The SMILES string of the molecule is CCCCCCCCCc1c(Oc2ccccc2)ccc(O)c1S(=O)(=O)O. The molecule has 2 rings (SSSR count). The molecule has 0 amide bonds. The summed E-state index contributed by atoms with van der Waals surface area (Å²) in [6, 6.07) is 11.8. The summed E-state index contributed by atoms with van der Waals surface area (Å²) in [5.41, 5.74) is 0.315. The lowest BCUT2D eigenvalue weighted by molar-refractivity contribution is 0.428. The first-order valence-electron chi connectivity index (χ1n) is 9.48. The number of phenolic OH excluding ortho intramolecular Hbond substituents is 1. The van der Waals surface area contributed by atoms with Crippen molar-refractivity contribution in [2.24, 2.45) is 0 Å². The van der Waals surface area contributed by atoms with Gasteiger partial charge in [-0.2, -0.15) is 8.42 Å². The van der Waals surface area contributed by atoms with Gasteiger partial charge >= 0.3 is 0 Å². The Bertz CT molecular complexity index is 816. The van der Waals surface area contributed by atoms with Crippen molar-refractivity contribution in [3.63, 3.8) is 0 Å². The van der Waals surface area contributed by atoms with Gasteiger partial charge in [-0.15, -0.1) is 0 Å². The van der Waals surface area contributed by atoms with Gasteiger partial charge in [0.25, 0.3) is 10.1 Å². The Kier molecular flexibility index (Phi) is 8.13. The molecule has 2 aromatic carbocycles. The highest BCUT2D eigenvalue weighted by Gasteiger charge is 2.24. The predicted molar refractivity (Wildman–Crippen MR) is 106 cm³/mol. The van der Waals surface area contributed by atoms with Crippen LogP contribution in [0.15, 0.2) is 47.4 Å². The minimum atomic E-state index is -4.56. The van der Waals surface area contributed by atoms with E-state index in [9.17, 15) is 18.1 Å². The van der Waals surface area contributed by atoms with E-state index in [4.69, 9.17) is 4.74 Å². The molecule has 0 saturated heterocycles. The molecule has 0 aliphatic heterocycles. The van der Waals surface area contributed by atoms with E-state index in [0.717, 1.165) is 25.7 Å². The van der Waals surface area contributed by atoms with Gasteiger partial charge in [-0.05, 0) is 37.1 Å². The summed E-state index contributed by atoms with van der Waals surface area (Å²) in [5.74, 6) is 0.429. The summed E-state index contributed by atoms with van der Waals surface area (Å²) in [6.07, 6.45) is 7.98. The number of para-hydroxylation sites is 1. The van der Waals surface area contributed by atoms with Crippen molar-refractivity contribution < 1.29 is 22.8 Å². The van der Waals surface area contributed by atoms with Crippen molar-refractivity contribution in [1.82, 2.24) is 0 Å². The minimum absolute atomic E-state index is 0.315. The quantitative estimate of drug-likeness (QED) is 0.377. The maximum absolute atomic E-state index is 11.8. The van der Waals surface area contributed by atoms with Gasteiger partial charge in [0, 0.05) is 5.56 Å². The third-order valence-corrected chi connectivity index (χ3v) is 5.43. The maximum Gasteiger partial charge on any atom is 0.298 e. The van der Waals surface area contributed by atoms with Gasteiger partial charge in [-0.3, -0.25) is 4.55 Å². The number of hydrogen-bond donors (Lipinski definition) is 2. The fourth-order valence-electron chi connectivity index (χ4n) is 3.09. The van der Waals surface area contributed by atoms with Gasteiger partial charge < -0.3 is 9.84 Å². The highest BCUT2D eigenvalue weighted by atomic mass is 32.2. The standard InChI is InChI=1S/C21H28O5S/c1-2-3-4-5-6-7-11-14-18-20(26-17-12-9-8-10-13-17)16-15-19(22)21(18)27(23,24)25/h8-10,12-13,15-16,22H,2-7,11,14H2,1H3,(H,23,24,25). The van der Waals surface area contributed by atoms with Crippen LogP contribution in [-0.2, 0) is 16.5 Å². The highest BCUT2D eigenvalue weighted by molar-refractivity contribution is 7.86. The van der Waals surface area contributed by atoms with Crippen molar-refractivity contribution in [3.05, 3.63) is 48.0 Å². The fourth-order valence-corrected chi connectivity index (χ4v) is 3.94. The molecule has 0 aromatic heterocycles. The summed E-state index contributed by atoms with van der Waals surface area (Å²) in [7, 11) is -4.56. The monoisotopic (exact) mass is 392 g/mol. The third-order valence-electron chi connectivity index (χ3n) is 4.46. The zero-order valence-corrected chi connectivity index (χ0v) is 16.5. The van der Waals surface area contributed by atoms with E-state index in [2.05, 4.69) is 6.92 Å². The normalized spacial score (nSPS) is 11.5. The maximum atomic E-state index is 11.8. The smallest absolute Gasteiger partial charge is 0.298 e. The largest absolute Gasteiger partial charge is 0.506 e. The molecule has 0 atom stereocenters. The number of aromatic hydroxyl groups is 1. The van der Waals surface area contributed by atoms with E-state index < -0.39 is 20.8 Å². The molecule has 0 heterocycles. The second-order valence-corrected chi connectivity index (χ2v) is 8.01. The van der Waals surface area contributed by atoms with Crippen LogP contribution in [0.25, 0.3) is 0 Å². The van der Waals surface area contributed by atoms with E-state index in [-0.39, 0.29) is 0 Å². The Morgan fingerprint density at radius 3 is 2.15 bits per heavy atom. The van der Waals surface area contributed by atoms with E-state index in [1.165, 1.54) is 31.4 Å². The zero-order chi connectivity index (χ0) is 19.7. The summed E-state index contributed by atoms with van der Waals surface area (Å²) >= 11 is 0. The lowest BCUT2D eigenvalue weighted by Gasteiger charge is -2.15. The summed E-state index contributed by atoms with van der Waals surface area (Å²) in [5, 5.41) is 10.0. The van der Waals surface area contributed by atoms with Crippen LogP contribution in [0.4, 0.5) is 0 Å². The molecular formula is C21H28O5S. The van der Waals surface area contributed by atoms with E-state index in [1.807, 2.05) is 18.2 Å². The average molecular weight is 393 g/mol. The van der Waals surface area contributed by atoms with Crippen molar-refractivity contribution in [2.75, 3.05) is 0 Å². The van der Waals surface area contributed by atoms with Crippen LogP contribution >= 0.6 is 0 Å². The number of benzene rings is 2. The molecule has 0 aliphatic carbocycles. The molecule has 0 radical (unpaired) electrons. The first-order valence-corrected chi connectivity index (χ1v) is 10.9. The molecule has 2 N–H and O–H groups in total. The lowest BCUT2D eigenvalue weighted by Crippen LogP contribution is -2.06. The Hall–Kier alpha value is -2.05. The topological polar surface area (TPSA) is 83.8 Å². The molecule has 0 spiro atoms. The van der Waals surface area contributed by atoms with Gasteiger partial charge in [-0.25, -0.2) is 0 Å². The molecule has 2 aromatic rings. The fraction of sp³-hybridized carbons (Fsp3) is 0.429. The van der Waals surface area contributed by atoms with Crippen LogP contribution in [0.5, 0.6) is 17.2 Å². The molecular weight excluding hydrogens is 364 g/mol. The zero-order valence-electron chi connectivity index (χ0n) is 15.7. The second-order valence-electron chi connectivity index (χ2n) is 6.65. The van der Waals surface area contributed by atoms with Gasteiger partial charge in [0.2, 0.25) is 0 Å². The minimum Gasteiger partial charge on any atom is -0.506 e. The molecule has 6 heteroatoms. The van der Waals surface area contributed by atoms with Gasteiger partial charge in [0.15, 0.2) is 0 Å². The van der Waals surface area contributed by atoms with E-state index in [1.54, 1.807) is 12.1 Å². The van der Waals surface area contributed by atoms with Crippen LogP contribution in [0.1, 0.15) is 57.4 Å². The van der Waals surface area contributed by atoms with Gasteiger partial charge in [0.05, 0.1) is 0 Å². The Balaban J connectivity index is 2.18. The third kappa shape index (κ3) is 6.56. The number of phenols is 1. The molecule has 0 aliphatic rings. The van der Waals surface area contributed by atoms with Crippen LogP contribution in [0, 0.1) is 0 Å². The van der Waals surface area contributed by atoms with Gasteiger partial charge in [-0.1, -0.05) is 63.6 Å². The number of unbranched alkanes of at least 4 members (excludes halogenated alkanes) is 6. The first-order chi connectivity index (χ1) is 12.9. The summed E-state index contributed by atoms with van der Waals surface area (Å²) < 4.78 is 39.1. The first kappa shape index (κ1) is 21.3. The van der Waals surface area contributed by atoms with Crippen molar-refractivity contribution in [3.8, 4) is 17.2 Å². The number of hydrogen-bond acceptors (Lipinski definition) is 4. The molecule has 0 saturated carbocycles. The number of ether oxygens (including phenoxy) is 1. The molecule has 0 bridgehead atoms. The van der Waals surface area contributed by atoms with E-state index in [0.29, 0.717) is 23.5 Å². The summed E-state index contributed by atoms with van der Waals surface area (Å²) in [6.45, 7) is 2.17. The van der Waals surface area contributed by atoms with Crippen molar-refractivity contribution >= 4 is 10.1 Å². The van der Waals surface area contributed by atoms with Crippen molar-refractivity contribution in [1.29, 1.82) is 0 Å². The lowest BCUT2D eigenvalue weighted by atomic mass is 10.0. The molecule has 0 fully saturated rings. The Labute approximate surface area is 161 Å². The number of rotatable bonds is 11. The molecule has 0 unspecified atom stereocenters. The average Bonchev–Trinajstić information content (AvgIpc) is 2.62. The van der Waals surface area contributed by atoms with Crippen LogP contribution in [0.2, 0.25) is 0 Å². The Morgan fingerprint density at radius 2 is 1.52 bits per heavy atom. The van der Waals surface area contributed by atoms with Gasteiger partial charge in [0.1, 0.15) is 22.1 Å². The summed E-state index contributed by atoms with van der Waals surface area (Å²) in [4.78, 5) is -0.457. The van der Waals surface area contributed by atoms with E-state index >= 15 is 0 Å². The van der Waals surface area contributed by atoms with Crippen molar-refractivity contribution in [2.45, 2.75) is 63.2 Å². The predicted octanol–water partition coefficient (Wildman–Crippen LogP) is 5.72. The molecule has 5 nitrogen and oxygen atoms in total. The second kappa shape index (κ2) is 10.3. The van der Waals surface area contributed by atoms with Crippen LogP contribution < -0.4 is 4.74 Å². The van der Waals surface area contributed by atoms with Crippen LogP contribution in [-0.4, -0.2) is 18.1 Å². The van der Waals surface area contributed by atoms with Crippen LogP contribution in [0.3, 0.4) is 0 Å². The highest BCUT2D eigenvalue weighted by Crippen LogP contribution is 2.37. The molecule has 148 valence electrons. The molecule has 27 heavy (non-hydrogen) atoms. The Morgan fingerprint density at radius 1 is 0.889 bits per heavy atom.